The Labute approximate surface area is 153 Å². The second-order valence-electron chi connectivity index (χ2n) is 1.35. The molecule has 0 unspecified atom stereocenters. The van der Waals surface area contributed by atoms with Crippen LogP contribution in [0.3, 0.4) is 0 Å². The first-order chi connectivity index (χ1) is 6.93. The average molecular weight is 309 g/mol. The van der Waals surface area contributed by atoms with Crippen molar-refractivity contribution in [2.24, 2.45) is 0 Å². The summed E-state index contributed by atoms with van der Waals surface area (Å²) in [6.45, 7) is 0. The minimum Gasteiger partial charge on any atom is -0.871 e. The first kappa shape index (κ1) is 42.8. The summed E-state index contributed by atoms with van der Waals surface area (Å²) in [6, 6.07) is 0. The predicted octanol–water partition coefficient (Wildman–Crippen LogP) is -16.3. The Hall–Kier alpha value is 1.74. The summed E-state index contributed by atoms with van der Waals surface area (Å²) < 4.78 is 0. The van der Waals surface area contributed by atoms with Crippen LogP contribution in [0.2, 0.25) is 0 Å². The van der Waals surface area contributed by atoms with Crippen LogP contribution in [-0.2, 0) is 0 Å². The van der Waals surface area contributed by atoms with Gasteiger partial charge in [-0.05, 0) is 0 Å². The van der Waals surface area contributed by atoms with Crippen molar-refractivity contribution in [2.45, 2.75) is 0 Å². The summed E-state index contributed by atoms with van der Waals surface area (Å²) >= 11 is 0. The van der Waals surface area contributed by atoms with E-state index < -0.39 is 29.3 Å². The molecule has 12 N–H and O–H groups in total. The number of hydrogen-bond donors (Lipinski definition) is 10. The molecule has 0 heterocycles. The molecule has 0 aromatic rings. The van der Waals surface area contributed by atoms with Gasteiger partial charge in [-0.25, -0.2) is 0 Å². The largest absolute Gasteiger partial charge is 1.00 e. The molecule has 0 rings (SSSR count). The molecule has 0 aromatic carbocycles. The number of rotatable bonds is 0. The van der Waals surface area contributed by atoms with Gasteiger partial charge < -0.3 is 65.8 Å². The van der Waals surface area contributed by atoms with E-state index in [-0.39, 0.29) is 64.6 Å². The van der Waals surface area contributed by atoms with Gasteiger partial charge in [-0.1, -0.05) is 0 Å². The Morgan fingerprint density at radius 3 is 0.474 bits per heavy atom. The summed E-state index contributed by atoms with van der Waals surface area (Å²) in [5.41, 5.74) is 0. The van der Waals surface area contributed by atoms with Gasteiger partial charge >= 0.3 is 81.1 Å². The van der Waals surface area contributed by atoms with Crippen molar-refractivity contribution in [3.05, 3.63) is 0 Å². The maximum Gasteiger partial charge on any atom is 1.00 e. The third-order valence-electron chi connectivity index (χ3n) is 0. The van der Waals surface area contributed by atoms with E-state index in [1.807, 2.05) is 0 Å². The zero-order valence-corrected chi connectivity index (χ0v) is 14.1. The summed E-state index contributed by atoms with van der Waals surface area (Å²) in [4.78, 5) is 0. The minimum atomic E-state index is -2.67. The molecule has 0 bridgehead atoms. The maximum atomic E-state index is 8.53. The summed E-state index contributed by atoms with van der Waals surface area (Å²) in [7, 11) is -9.17. The van der Waals surface area contributed by atoms with Gasteiger partial charge in [-0.3, -0.25) is 0 Å². The van der Waals surface area contributed by atoms with Crippen LogP contribution in [0.5, 0.6) is 0 Å². The fourth-order valence-corrected chi connectivity index (χ4v) is 0. The van der Waals surface area contributed by atoms with Gasteiger partial charge in [-0.2, -0.15) is 0 Å². The van der Waals surface area contributed by atoms with Gasteiger partial charge in [0, 0.05) is 0 Å². The molecule has 0 aromatic heterocycles. The van der Waals surface area contributed by atoms with Crippen molar-refractivity contribution in [3.8, 4) is 0 Å². The molecule has 104 valence electrons. The van der Waals surface area contributed by atoms with E-state index >= 15 is 0 Å². The van der Waals surface area contributed by atoms with Crippen molar-refractivity contribution < 1.29 is 125 Å². The van der Waals surface area contributed by atoms with Crippen LogP contribution in [0.1, 0.15) is 0 Å². The van der Waals surface area contributed by atoms with Crippen LogP contribution >= 0.6 is 0 Å². The van der Waals surface area contributed by atoms with Gasteiger partial charge in [0.25, 0.3) is 0 Å². The molecular weight excluding hydrogens is 297 g/mol. The van der Waals surface area contributed by atoms with E-state index in [2.05, 4.69) is 0 Å². The standard InChI is InChI=1S/3BH3O3.BHO3.2Na.H2O/c4*2-1(3)4;;;/h3*2-4H;2H;;;1H2/q;;;-2;2*+1;. The van der Waals surface area contributed by atoms with Crippen molar-refractivity contribution in [1.29, 1.82) is 0 Å². The van der Waals surface area contributed by atoms with E-state index in [9.17, 15) is 0 Å². The molecule has 0 radical (unpaired) electrons. The normalized spacial score (nSPS) is 5.68. The Morgan fingerprint density at radius 2 is 0.474 bits per heavy atom. The zero-order valence-electron chi connectivity index (χ0n) is 10.1. The van der Waals surface area contributed by atoms with Crippen molar-refractivity contribution in [2.75, 3.05) is 0 Å². The average Bonchev–Trinajstić information content (AvgIpc) is 1.76. The fourth-order valence-electron chi connectivity index (χ4n) is 0. The Kier molecular flexibility index (Phi) is 82.7. The molecule has 0 spiro atoms. The molecule has 13 nitrogen and oxygen atoms in total. The Bertz CT molecular complexity index is 65.6. The third kappa shape index (κ3) is 2050. The van der Waals surface area contributed by atoms with Gasteiger partial charge in [0.15, 0.2) is 0 Å². The molecule has 0 aliphatic rings. The van der Waals surface area contributed by atoms with E-state index in [0.717, 1.165) is 0 Å². The fraction of sp³-hybridized carbons (Fsp3) is 0. The van der Waals surface area contributed by atoms with Crippen molar-refractivity contribution in [1.82, 2.24) is 0 Å². The molecule has 0 saturated carbocycles. The van der Waals surface area contributed by atoms with Crippen molar-refractivity contribution in [3.63, 3.8) is 0 Å². The molecule has 0 amide bonds. The third-order valence-corrected chi connectivity index (χ3v) is 0. The van der Waals surface area contributed by atoms with E-state index in [1.165, 1.54) is 0 Å². The van der Waals surface area contributed by atoms with Gasteiger partial charge in [0.1, 0.15) is 0 Å². The topological polar surface area (TPSA) is 280 Å². The van der Waals surface area contributed by atoms with Crippen LogP contribution < -0.4 is 69.2 Å². The Balaban J connectivity index is -0.0000000192. The number of hydrogen-bond acceptors (Lipinski definition) is 12. The molecule has 19 heavy (non-hydrogen) atoms. The maximum absolute atomic E-state index is 8.53. The summed E-state index contributed by atoms with van der Waals surface area (Å²) in [5.74, 6) is 0. The van der Waals surface area contributed by atoms with Gasteiger partial charge in [0.05, 0.1) is 7.32 Å². The second-order valence-corrected chi connectivity index (χ2v) is 1.35. The summed E-state index contributed by atoms with van der Waals surface area (Å²) in [6.07, 6.45) is 0. The molecule has 0 aliphatic heterocycles. The smallest absolute Gasteiger partial charge is 0.871 e. The van der Waals surface area contributed by atoms with Gasteiger partial charge in [0.2, 0.25) is 0 Å². The molecule has 0 atom stereocenters. The molecule has 19 heteroatoms. The van der Waals surface area contributed by atoms with Crippen LogP contribution in [0, 0.1) is 0 Å². The van der Waals surface area contributed by atoms with Gasteiger partial charge in [-0.15, -0.1) is 0 Å². The summed E-state index contributed by atoms with van der Waals surface area (Å²) in [5, 5.41) is 88.5. The molecular formula is H12B4Na2O13. The quantitative estimate of drug-likeness (QED) is 0.186. The Morgan fingerprint density at radius 1 is 0.474 bits per heavy atom. The van der Waals surface area contributed by atoms with Crippen LogP contribution in [-0.4, -0.2) is 85.0 Å². The van der Waals surface area contributed by atoms with E-state index in [1.54, 1.807) is 0 Å². The van der Waals surface area contributed by atoms with E-state index in [4.69, 9.17) is 60.3 Å². The first-order valence-electron chi connectivity index (χ1n) is 3.05. The first-order valence-corrected chi connectivity index (χ1v) is 3.05. The van der Waals surface area contributed by atoms with E-state index in [0.29, 0.717) is 0 Å². The minimum absolute atomic E-state index is 0. The zero-order chi connectivity index (χ0) is 14.3. The van der Waals surface area contributed by atoms with Crippen LogP contribution in [0.15, 0.2) is 0 Å². The predicted molar refractivity (Wildman–Crippen MR) is 48.8 cm³/mol. The monoisotopic (exact) mass is 310 g/mol. The SMILES string of the molecule is O.OB(O)O.OB(O)O.OB(O)O.[Na+].[Na+].[O-]B([O-])O. The molecule has 0 aliphatic carbocycles. The molecule has 0 fully saturated rings. The second kappa shape index (κ2) is 36.7. The van der Waals surface area contributed by atoms with Crippen molar-refractivity contribution >= 4 is 29.3 Å². The molecule has 0 saturated heterocycles. The van der Waals surface area contributed by atoms with Crippen LogP contribution in [0.4, 0.5) is 0 Å². The van der Waals surface area contributed by atoms with Crippen LogP contribution in [0.25, 0.3) is 0 Å².